The largest absolute Gasteiger partial charge is 0.457 e. The third-order valence-electron chi connectivity index (χ3n) is 3.09. The first kappa shape index (κ1) is 8.04. The molecule has 1 saturated carbocycles. The molecule has 1 heterocycles. The number of hydrogen-bond acceptors (Lipinski definition) is 2. The standard InChI is InChI=1S/C12H12O2/c1-7-4-11-9(6-14-12(11)13)5-10(7)8-2-3-8/h4-5,8H,2-3,6H2,1H3. The molecular formula is C12H12O2. The Morgan fingerprint density at radius 3 is 2.86 bits per heavy atom. The lowest BCUT2D eigenvalue weighted by Crippen LogP contribution is -1.96. The number of cyclic esters (lactones) is 1. The van der Waals surface area contributed by atoms with E-state index in [2.05, 4.69) is 13.0 Å². The highest BCUT2D eigenvalue weighted by molar-refractivity contribution is 5.93. The number of rotatable bonds is 1. The third-order valence-corrected chi connectivity index (χ3v) is 3.09. The number of benzene rings is 1. The SMILES string of the molecule is Cc1cc2c(cc1C1CC1)COC2=O. The van der Waals surface area contributed by atoms with Gasteiger partial charge in [0, 0.05) is 5.56 Å². The van der Waals surface area contributed by atoms with Crippen LogP contribution in [-0.2, 0) is 11.3 Å². The van der Waals surface area contributed by atoms with Crippen LogP contribution in [0.4, 0.5) is 0 Å². The Kier molecular flexibility index (Phi) is 1.49. The third kappa shape index (κ3) is 1.07. The average Bonchev–Trinajstić information content (AvgIpc) is 2.94. The van der Waals surface area contributed by atoms with Gasteiger partial charge in [-0.25, -0.2) is 4.79 Å². The Labute approximate surface area is 82.9 Å². The second kappa shape index (κ2) is 2.59. The molecule has 1 aliphatic heterocycles. The number of carbonyl (C=O) groups is 1. The van der Waals surface area contributed by atoms with Gasteiger partial charge in [0.15, 0.2) is 0 Å². The summed E-state index contributed by atoms with van der Waals surface area (Å²) in [5, 5.41) is 0. The Morgan fingerprint density at radius 1 is 1.36 bits per heavy atom. The van der Waals surface area contributed by atoms with Gasteiger partial charge in [0.05, 0.1) is 5.56 Å². The molecule has 2 aliphatic rings. The quantitative estimate of drug-likeness (QED) is 0.633. The molecule has 0 saturated heterocycles. The first-order valence-electron chi connectivity index (χ1n) is 5.06. The van der Waals surface area contributed by atoms with E-state index in [0.29, 0.717) is 6.61 Å². The average molecular weight is 188 g/mol. The highest BCUT2D eigenvalue weighted by Crippen LogP contribution is 2.42. The summed E-state index contributed by atoms with van der Waals surface area (Å²) in [6, 6.07) is 4.14. The van der Waals surface area contributed by atoms with Gasteiger partial charge in [0.1, 0.15) is 6.61 Å². The lowest BCUT2D eigenvalue weighted by Gasteiger charge is -2.05. The molecule has 2 nitrogen and oxygen atoms in total. The van der Waals surface area contributed by atoms with Crippen molar-refractivity contribution in [2.45, 2.75) is 32.3 Å². The second-order valence-electron chi connectivity index (χ2n) is 4.22. The Morgan fingerprint density at radius 2 is 2.14 bits per heavy atom. The van der Waals surface area contributed by atoms with E-state index < -0.39 is 0 Å². The molecule has 0 aromatic heterocycles. The smallest absolute Gasteiger partial charge is 0.338 e. The van der Waals surface area contributed by atoms with E-state index in [0.717, 1.165) is 17.0 Å². The van der Waals surface area contributed by atoms with E-state index in [9.17, 15) is 4.79 Å². The van der Waals surface area contributed by atoms with Crippen molar-refractivity contribution >= 4 is 5.97 Å². The molecule has 0 amide bonds. The minimum absolute atomic E-state index is 0.162. The first-order valence-corrected chi connectivity index (χ1v) is 5.06. The Bertz CT molecular complexity index is 417. The van der Waals surface area contributed by atoms with Crippen LogP contribution in [-0.4, -0.2) is 5.97 Å². The van der Waals surface area contributed by atoms with Crippen LogP contribution in [0, 0.1) is 6.92 Å². The molecule has 1 aromatic rings. The zero-order chi connectivity index (χ0) is 9.71. The van der Waals surface area contributed by atoms with Gasteiger partial charge in [-0.3, -0.25) is 0 Å². The van der Waals surface area contributed by atoms with Crippen molar-refractivity contribution in [2.75, 3.05) is 0 Å². The van der Waals surface area contributed by atoms with Crippen LogP contribution >= 0.6 is 0 Å². The molecule has 0 unspecified atom stereocenters. The summed E-state index contributed by atoms with van der Waals surface area (Å²) in [6.45, 7) is 2.55. The van der Waals surface area contributed by atoms with Crippen LogP contribution in [0.5, 0.6) is 0 Å². The van der Waals surface area contributed by atoms with E-state index in [-0.39, 0.29) is 5.97 Å². The molecule has 1 aliphatic carbocycles. The van der Waals surface area contributed by atoms with Gasteiger partial charge in [-0.05, 0) is 42.9 Å². The molecule has 2 heteroatoms. The van der Waals surface area contributed by atoms with Gasteiger partial charge in [-0.2, -0.15) is 0 Å². The number of fused-ring (bicyclic) bond motifs is 1. The zero-order valence-electron chi connectivity index (χ0n) is 8.17. The maximum absolute atomic E-state index is 11.3. The summed E-state index contributed by atoms with van der Waals surface area (Å²) in [4.78, 5) is 11.3. The van der Waals surface area contributed by atoms with Crippen LogP contribution in [0.25, 0.3) is 0 Å². The van der Waals surface area contributed by atoms with E-state index in [1.54, 1.807) is 0 Å². The number of hydrogen-bond donors (Lipinski definition) is 0. The molecule has 3 rings (SSSR count). The van der Waals surface area contributed by atoms with Gasteiger partial charge >= 0.3 is 5.97 Å². The minimum Gasteiger partial charge on any atom is -0.457 e. The lowest BCUT2D eigenvalue weighted by molar-refractivity contribution is 0.0535. The van der Waals surface area contributed by atoms with Gasteiger partial charge in [0.25, 0.3) is 0 Å². The molecule has 0 bridgehead atoms. The predicted molar refractivity (Wildman–Crippen MR) is 52.3 cm³/mol. The summed E-state index contributed by atoms with van der Waals surface area (Å²) < 4.78 is 4.99. The summed E-state index contributed by atoms with van der Waals surface area (Å²) in [5.74, 6) is 0.585. The highest BCUT2D eigenvalue weighted by Gasteiger charge is 2.29. The maximum Gasteiger partial charge on any atom is 0.338 e. The molecule has 0 N–H and O–H groups in total. The van der Waals surface area contributed by atoms with Crippen molar-refractivity contribution in [1.29, 1.82) is 0 Å². The molecule has 0 atom stereocenters. The van der Waals surface area contributed by atoms with Crippen LogP contribution in [0.2, 0.25) is 0 Å². The normalized spacial score (nSPS) is 19.4. The van der Waals surface area contributed by atoms with Gasteiger partial charge in [0.2, 0.25) is 0 Å². The van der Waals surface area contributed by atoms with E-state index >= 15 is 0 Å². The van der Waals surface area contributed by atoms with Gasteiger partial charge in [-0.1, -0.05) is 6.07 Å². The number of aryl methyl sites for hydroxylation is 1. The van der Waals surface area contributed by atoms with Crippen LogP contribution in [0.3, 0.4) is 0 Å². The van der Waals surface area contributed by atoms with Crippen LogP contribution in [0.15, 0.2) is 12.1 Å². The fourth-order valence-corrected chi connectivity index (χ4v) is 2.14. The van der Waals surface area contributed by atoms with E-state index in [4.69, 9.17) is 4.74 Å². The number of esters is 1. The molecule has 72 valence electrons. The van der Waals surface area contributed by atoms with Gasteiger partial charge < -0.3 is 4.74 Å². The molecule has 0 spiro atoms. The number of carbonyl (C=O) groups excluding carboxylic acids is 1. The second-order valence-corrected chi connectivity index (χ2v) is 4.22. The summed E-state index contributed by atoms with van der Waals surface area (Å²) in [5.41, 5.74) is 4.50. The lowest BCUT2D eigenvalue weighted by atomic mass is 9.98. The van der Waals surface area contributed by atoms with E-state index in [1.807, 2.05) is 6.07 Å². The monoisotopic (exact) mass is 188 g/mol. The topological polar surface area (TPSA) is 26.3 Å². The Hall–Kier alpha value is -1.31. The fourth-order valence-electron chi connectivity index (χ4n) is 2.14. The fraction of sp³-hybridized carbons (Fsp3) is 0.417. The Balaban J connectivity index is 2.14. The summed E-state index contributed by atoms with van der Waals surface area (Å²) in [7, 11) is 0. The van der Waals surface area contributed by atoms with Crippen LogP contribution in [0.1, 0.15) is 45.8 Å². The molecular weight excluding hydrogens is 176 g/mol. The molecule has 1 fully saturated rings. The van der Waals surface area contributed by atoms with Crippen molar-refractivity contribution in [3.05, 3.63) is 34.4 Å². The van der Waals surface area contributed by atoms with Crippen LogP contribution < -0.4 is 0 Å². The summed E-state index contributed by atoms with van der Waals surface area (Å²) >= 11 is 0. The van der Waals surface area contributed by atoms with Crippen molar-refractivity contribution in [1.82, 2.24) is 0 Å². The maximum atomic E-state index is 11.3. The molecule has 1 aromatic carbocycles. The minimum atomic E-state index is -0.162. The van der Waals surface area contributed by atoms with Crippen molar-refractivity contribution in [2.24, 2.45) is 0 Å². The molecule has 0 radical (unpaired) electrons. The number of ether oxygens (including phenoxy) is 1. The van der Waals surface area contributed by atoms with E-state index in [1.165, 1.54) is 24.0 Å². The summed E-state index contributed by atoms with van der Waals surface area (Å²) in [6.07, 6.45) is 2.60. The van der Waals surface area contributed by atoms with Crippen molar-refractivity contribution in [3.8, 4) is 0 Å². The zero-order valence-corrected chi connectivity index (χ0v) is 8.17. The van der Waals surface area contributed by atoms with Gasteiger partial charge in [-0.15, -0.1) is 0 Å². The first-order chi connectivity index (χ1) is 6.75. The molecule has 14 heavy (non-hydrogen) atoms. The van der Waals surface area contributed by atoms with Crippen molar-refractivity contribution < 1.29 is 9.53 Å². The van der Waals surface area contributed by atoms with Crippen molar-refractivity contribution in [3.63, 3.8) is 0 Å². The predicted octanol–water partition coefficient (Wildman–Crippen LogP) is 2.54. The highest BCUT2D eigenvalue weighted by atomic mass is 16.5.